The first-order valence-electron chi connectivity index (χ1n) is 8.01. The third-order valence-electron chi connectivity index (χ3n) is 3.72. The van der Waals surface area contributed by atoms with Crippen LogP contribution in [0, 0.1) is 0 Å². The summed E-state index contributed by atoms with van der Waals surface area (Å²) in [4.78, 5) is 12.3. The first kappa shape index (κ1) is 19.5. The van der Waals surface area contributed by atoms with Gasteiger partial charge in [0.15, 0.2) is 9.84 Å². The molecule has 0 saturated heterocycles. The van der Waals surface area contributed by atoms with Gasteiger partial charge in [-0.15, -0.1) is 0 Å². The van der Waals surface area contributed by atoms with Crippen LogP contribution in [0.3, 0.4) is 0 Å². The summed E-state index contributed by atoms with van der Waals surface area (Å²) in [5, 5.41) is 3.27. The van der Waals surface area contributed by atoms with Gasteiger partial charge < -0.3 is 5.32 Å². The second kappa shape index (κ2) is 8.02. The molecular formula is C19H22ClNO3S. The van der Waals surface area contributed by atoms with E-state index in [1.807, 2.05) is 44.2 Å². The molecule has 0 unspecified atom stereocenters. The quantitative estimate of drug-likeness (QED) is 0.798. The summed E-state index contributed by atoms with van der Waals surface area (Å²) in [5.41, 5.74) is 0.650. The van der Waals surface area contributed by atoms with Crippen LogP contribution >= 0.6 is 11.6 Å². The molecule has 1 amide bonds. The molecule has 2 rings (SSSR count). The molecule has 0 heterocycles. The van der Waals surface area contributed by atoms with Crippen LogP contribution in [-0.4, -0.2) is 25.6 Å². The van der Waals surface area contributed by atoms with Gasteiger partial charge in [-0.2, -0.15) is 0 Å². The molecule has 0 spiro atoms. The second-order valence-corrected chi connectivity index (χ2v) is 9.17. The predicted octanol–water partition coefficient (Wildman–Crippen LogP) is 3.64. The maximum atomic E-state index is 12.3. The Kier molecular flexibility index (Phi) is 6.25. The lowest BCUT2D eigenvalue weighted by atomic mass is 9.95. The Morgan fingerprint density at radius 2 is 1.76 bits per heavy atom. The topological polar surface area (TPSA) is 63.2 Å². The molecule has 1 N–H and O–H groups in total. The minimum Gasteiger partial charge on any atom is -0.351 e. The van der Waals surface area contributed by atoms with Crippen molar-refractivity contribution in [1.82, 2.24) is 5.32 Å². The number of hydrogen-bond acceptors (Lipinski definition) is 3. The molecular weight excluding hydrogens is 358 g/mol. The Labute approximate surface area is 154 Å². The average molecular weight is 380 g/mol. The van der Waals surface area contributed by atoms with E-state index >= 15 is 0 Å². The Hall–Kier alpha value is -1.85. The zero-order valence-corrected chi connectivity index (χ0v) is 15.9. The van der Waals surface area contributed by atoms with Crippen molar-refractivity contribution in [3.05, 3.63) is 65.2 Å². The maximum Gasteiger partial charge on any atom is 0.221 e. The van der Waals surface area contributed by atoms with Gasteiger partial charge in [-0.1, -0.05) is 48.0 Å². The highest BCUT2D eigenvalue weighted by molar-refractivity contribution is 7.91. The predicted molar refractivity (Wildman–Crippen MR) is 100 cm³/mol. The van der Waals surface area contributed by atoms with Crippen LogP contribution in [0.15, 0.2) is 59.5 Å². The van der Waals surface area contributed by atoms with E-state index in [9.17, 15) is 13.2 Å². The molecule has 0 bridgehead atoms. The number of benzene rings is 2. The minimum atomic E-state index is -3.54. The summed E-state index contributed by atoms with van der Waals surface area (Å²) < 4.78 is 24.6. The first-order valence-corrected chi connectivity index (χ1v) is 10.0. The SMILES string of the molecule is CC(C)(Cc1ccccc1)NC(=O)CCS(=O)(=O)c1cccc(Cl)c1. The van der Waals surface area contributed by atoms with Gasteiger partial charge in [0.25, 0.3) is 0 Å². The van der Waals surface area contributed by atoms with E-state index in [1.54, 1.807) is 12.1 Å². The smallest absolute Gasteiger partial charge is 0.221 e. The third kappa shape index (κ3) is 6.18. The Balaban J connectivity index is 1.93. The van der Waals surface area contributed by atoms with Crippen molar-refractivity contribution < 1.29 is 13.2 Å². The van der Waals surface area contributed by atoms with Crippen molar-refractivity contribution in [2.75, 3.05) is 5.75 Å². The number of nitrogens with one attached hydrogen (secondary N) is 1. The molecule has 0 aliphatic rings. The van der Waals surface area contributed by atoms with Crippen molar-refractivity contribution in [2.45, 2.75) is 37.1 Å². The average Bonchev–Trinajstić information content (AvgIpc) is 2.53. The van der Waals surface area contributed by atoms with Crippen LogP contribution in [0.25, 0.3) is 0 Å². The van der Waals surface area contributed by atoms with E-state index in [2.05, 4.69) is 5.32 Å². The van der Waals surface area contributed by atoms with Crippen molar-refractivity contribution in [3.63, 3.8) is 0 Å². The molecule has 134 valence electrons. The number of hydrogen-bond donors (Lipinski definition) is 1. The van der Waals surface area contributed by atoms with Crippen LogP contribution in [0.2, 0.25) is 5.02 Å². The van der Waals surface area contributed by atoms with E-state index in [0.717, 1.165) is 5.56 Å². The van der Waals surface area contributed by atoms with Crippen LogP contribution in [-0.2, 0) is 21.1 Å². The summed E-state index contributed by atoms with van der Waals surface area (Å²) in [6.07, 6.45) is 0.577. The highest BCUT2D eigenvalue weighted by Gasteiger charge is 2.23. The Morgan fingerprint density at radius 3 is 2.40 bits per heavy atom. The molecule has 4 nitrogen and oxygen atoms in total. The lowest BCUT2D eigenvalue weighted by Gasteiger charge is -2.26. The van der Waals surface area contributed by atoms with Gasteiger partial charge in [-0.3, -0.25) is 4.79 Å². The molecule has 0 fully saturated rings. The van der Waals surface area contributed by atoms with E-state index in [0.29, 0.717) is 11.4 Å². The van der Waals surface area contributed by atoms with Crippen LogP contribution < -0.4 is 5.32 Å². The molecule has 2 aromatic carbocycles. The monoisotopic (exact) mass is 379 g/mol. The second-order valence-electron chi connectivity index (χ2n) is 6.62. The number of carbonyl (C=O) groups excluding carboxylic acids is 1. The summed E-state index contributed by atoms with van der Waals surface area (Å²) in [6, 6.07) is 15.9. The van der Waals surface area contributed by atoms with Crippen molar-refractivity contribution >= 4 is 27.3 Å². The van der Waals surface area contributed by atoms with Gasteiger partial charge in [0.05, 0.1) is 10.6 Å². The summed E-state index contributed by atoms with van der Waals surface area (Å²) in [6.45, 7) is 3.84. The van der Waals surface area contributed by atoms with Gasteiger partial charge in [0, 0.05) is 17.0 Å². The van der Waals surface area contributed by atoms with Crippen LogP contribution in [0.1, 0.15) is 25.8 Å². The minimum absolute atomic E-state index is 0.0902. The lowest BCUT2D eigenvalue weighted by molar-refractivity contribution is -0.122. The van der Waals surface area contributed by atoms with E-state index in [-0.39, 0.29) is 23.0 Å². The van der Waals surface area contributed by atoms with Gasteiger partial charge in [0.1, 0.15) is 0 Å². The highest BCUT2D eigenvalue weighted by Crippen LogP contribution is 2.18. The normalized spacial score (nSPS) is 12.0. The zero-order valence-electron chi connectivity index (χ0n) is 14.3. The molecule has 25 heavy (non-hydrogen) atoms. The molecule has 0 aliphatic carbocycles. The summed E-state index contributed by atoms with van der Waals surface area (Å²) in [5.74, 6) is -0.535. The van der Waals surface area contributed by atoms with Crippen molar-refractivity contribution in [2.24, 2.45) is 0 Å². The molecule has 2 aromatic rings. The van der Waals surface area contributed by atoms with Gasteiger partial charge in [-0.25, -0.2) is 8.42 Å². The highest BCUT2D eigenvalue weighted by atomic mass is 35.5. The third-order valence-corrected chi connectivity index (χ3v) is 5.67. The number of carbonyl (C=O) groups is 1. The van der Waals surface area contributed by atoms with Crippen molar-refractivity contribution in [1.29, 1.82) is 0 Å². The van der Waals surface area contributed by atoms with E-state index < -0.39 is 15.4 Å². The van der Waals surface area contributed by atoms with E-state index in [4.69, 9.17) is 11.6 Å². The fraction of sp³-hybridized carbons (Fsp3) is 0.316. The summed E-state index contributed by atoms with van der Waals surface area (Å²) in [7, 11) is -3.54. The Bertz CT molecular complexity index is 833. The van der Waals surface area contributed by atoms with Gasteiger partial charge in [0.2, 0.25) is 5.91 Å². The molecule has 0 aromatic heterocycles. The number of amides is 1. The molecule has 0 saturated carbocycles. The fourth-order valence-corrected chi connectivity index (χ4v) is 4.13. The lowest BCUT2D eigenvalue weighted by Crippen LogP contribution is -2.45. The fourth-order valence-electron chi connectivity index (χ4n) is 2.60. The van der Waals surface area contributed by atoms with Gasteiger partial charge >= 0.3 is 0 Å². The molecule has 6 heteroatoms. The Morgan fingerprint density at radius 1 is 1.08 bits per heavy atom. The van der Waals surface area contributed by atoms with E-state index in [1.165, 1.54) is 12.1 Å². The first-order chi connectivity index (χ1) is 11.7. The number of halogens is 1. The maximum absolute atomic E-state index is 12.3. The molecule has 0 aliphatic heterocycles. The number of rotatable bonds is 7. The standard InChI is InChI=1S/C19H22ClNO3S/c1-19(2,14-15-7-4-3-5-8-15)21-18(22)11-12-25(23,24)17-10-6-9-16(20)13-17/h3-10,13H,11-12,14H2,1-2H3,(H,21,22). The zero-order chi connectivity index (χ0) is 18.5. The number of sulfone groups is 1. The molecule has 0 radical (unpaired) electrons. The van der Waals surface area contributed by atoms with Crippen LogP contribution in [0.4, 0.5) is 0 Å². The largest absolute Gasteiger partial charge is 0.351 e. The van der Waals surface area contributed by atoms with Crippen LogP contribution in [0.5, 0.6) is 0 Å². The molecule has 0 atom stereocenters. The summed E-state index contributed by atoms with van der Waals surface area (Å²) >= 11 is 5.83. The van der Waals surface area contributed by atoms with Crippen molar-refractivity contribution in [3.8, 4) is 0 Å². The van der Waals surface area contributed by atoms with Gasteiger partial charge in [-0.05, 0) is 44.0 Å².